The zero-order chi connectivity index (χ0) is 21.4. The second-order valence-electron chi connectivity index (χ2n) is 9.65. The number of benzene rings is 1. The minimum absolute atomic E-state index is 0.0740. The van der Waals surface area contributed by atoms with E-state index in [-0.39, 0.29) is 11.0 Å². The number of hydrogen-bond acceptors (Lipinski definition) is 2. The van der Waals surface area contributed by atoms with Crippen LogP contribution in [0.4, 0.5) is 8.78 Å². The Morgan fingerprint density at radius 3 is 2.17 bits per heavy atom. The quantitative estimate of drug-likeness (QED) is 0.510. The number of nitrogens with zero attached hydrogens (tertiary/aromatic N) is 1. The lowest BCUT2D eigenvalue weighted by molar-refractivity contribution is 0.0174. The highest BCUT2D eigenvalue weighted by Gasteiger charge is 2.28. The Balaban J connectivity index is 2.13. The lowest BCUT2D eigenvalue weighted by Crippen LogP contribution is -2.17. The van der Waals surface area contributed by atoms with Crippen LogP contribution in [0.5, 0.6) is 0 Å². The summed E-state index contributed by atoms with van der Waals surface area (Å²) in [7, 11) is 0. The van der Waals surface area contributed by atoms with Gasteiger partial charge in [-0.3, -0.25) is 5.14 Å². The average Bonchev–Trinajstić information content (AvgIpc) is 2.97. The molecule has 0 unspecified atom stereocenters. The van der Waals surface area contributed by atoms with E-state index in [1.807, 2.05) is 0 Å². The fourth-order valence-corrected chi connectivity index (χ4v) is 4.76. The summed E-state index contributed by atoms with van der Waals surface area (Å²) in [4.78, 5) is 1.02. The lowest BCUT2D eigenvalue weighted by atomic mass is 9.84. The van der Waals surface area contributed by atoms with Crippen LogP contribution in [0.15, 0.2) is 29.2 Å². The van der Waals surface area contributed by atoms with Gasteiger partial charge in [0.15, 0.2) is 0 Å². The van der Waals surface area contributed by atoms with Crippen molar-refractivity contribution in [3.8, 4) is 11.3 Å². The Labute approximate surface area is 178 Å². The first-order chi connectivity index (χ1) is 13.5. The molecule has 1 aliphatic rings. The number of hydrogen-bond donors (Lipinski definition) is 1. The van der Waals surface area contributed by atoms with Crippen LogP contribution in [-0.4, -0.2) is 4.57 Å². The van der Waals surface area contributed by atoms with Crippen LogP contribution in [0.2, 0.25) is 0 Å². The van der Waals surface area contributed by atoms with Crippen molar-refractivity contribution < 1.29 is 8.78 Å². The van der Waals surface area contributed by atoms with Gasteiger partial charge >= 0.3 is 0 Å². The molecule has 2 nitrogen and oxygen atoms in total. The predicted octanol–water partition coefficient (Wildman–Crippen LogP) is 7.42. The first-order valence-electron chi connectivity index (χ1n) is 10.6. The normalized spacial score (nSPS) is 16.4. The van der Waals surface area contributed by atoms with E-state index in [4.69, 9.17) is 5.14 Å². The second-order valence-corrected chi connectivity index (χ2v) is 10.3. The lowest BCUT2D eigenvalue weighted by Gasteiger charge is -2.26. The molecular weight excluding hydrogens is 386 g/mol. The molecule has 1 aliphatic carbocycles. The number of alkyl halides is 2. The second kappa shape index (κ2) is 8.43. The highest BCUT2D eigenvalue weighted by molar-refractivity contribution is 7.97. The fourth-order valence-electron chi connectivity index (χ4n) is 4.30. The van der Waals surface area contributed by atoms with E-state index in [2.05, 4.69) is 44.4 Å². The molecule has 0 radical (unpaired) electrons. The average molecular weight is 421 g/mol. The third-order valence-corrected chi connectivity index (χ3v) is 6.88. The van der Waals surface area contributed by atoms with Crippen LogP contribution in [0, 0.1) is 12.8 Å². The molecule has 1 saturated carbocycles. The van der Waals surface area contributed by atoms with Crippen LogP contribution < -0.4 is 5.14 Å². The van der Waals surface area contributed by atoms with E-state index in [9.17, 15) is 8.78 Å². The Hall–Kier alpha value is -1.33. The van der Waals surface area contributed by atoms with E-state index >= 15 is 0 Å². The molecule has 1 fully saturated rings. The van der Waals surface area contributed by atoms with Crippen LogP contribution >= 0.6 is 11.9 Å². The SMILES string of the molecule is Cc1c(SN)cc(-c2cc(C(C)(C)C)cc(C(C)(F)F)c2)n1CC1CCCCC1. The fraction of sp³-hybridized carbons (Fsp3) is 0.583. The van der Waals surface area contributed by atoms with E-state index in [1.54, 1.807) is 12.1 Å². The third kappa shape index (κ3) is 5.05. The third-order valence-electron chi connectivity index (χ3n) is 6.21. The van der Waals surface area contributed by atoms with Crippen molar-refractivity contribution in [2.45, 2.75) is 89.5 Å². The van der Waals surface area contributed by atoms with Gasteiger partial charge in [0.2, 0.25) is 0 Å². The van der Waals surface area contributed by atoms with Gasteiger partial charge in [-0.05, 0) is 78.4 Å². The number of rotatable bonds is 5. The summed E-state index contributed by atoms with van der Waals surface area (Å²) < 4.78 is 30.9. The molecule has 0 bridgehead atoms. The van der Waals surface area contributed by atoms with Gasteiger partial charge in [0, 0.05) is 35.3 Å². The smallest absolute Gasteiger partial charge is 0.270 e. The molecule has 29 heavy (non-hydrogen) atoms. The molecule has 0 saturated heterocycles. The monoisotopic (exact) mass is 420 g/mol. The van der Waals surface area contributed by atoms with Gasteiger partial charge in [0.1, 0.15) is 0 Å². The number of nitrogens with two attached hydrogens (primary N) is 1. The van der Waals surface area contributed by atoms with Crippen LogP contribution in [0.3, 0.4) is 0 Å². The summed E-state index contributed by atoms with van der Waals surface area (Å²) in [5.41, 5.74) is 3.77. The van der Waals surface area contributed by atoms with E-state index in [0.717, 1.165) is 40.9 Å². The van der Waals surface area contributed by atoms with Gasteiger partial charge < -0.3 is 4.57 Å². The molecule has 0 atom stereocenters. The Morgan fingerprint density at radius 1 is 1.00 bits per heavy atom. The Bertz CT molecular complexity index is 821. The minimum Gasteiger partial charge on any atom is -0.343 e. The van der Waals surface area contributed by atoms with Crippen LogP contribution in [0.25, 0.3) is 11.3 Å². The molecule has 1 heterocycles. The first-order valence-corrected chi connectivity index (χ1v) is 11.5. The van der Waals surface area contributed by atoms with Gasteiger partial charge in [-0.25, -0.2) is 8.78 Å². The zero-order valence-electron chi connectivity index (χ0n) is 18.3. The van der Waals surface area contributed by atoms with Crippen molar-refractivity contribution in [3.63, 3.8) is 0 Å². The van der Waals surface area contributed by atoms with Crippen molar-refractivity contribution in [1.29, 1.82) is 0 Å². The van der Waals surface area contributed by atoms with Crippen molar-refractivity contribution in [3.05, 3.63) is 41.1 Å². The van der Waals surface area contributed by atoms with Gasteiger partial charge in [-0.15, -0.1) is 0 Å². The summed E-state index contributed by atoms with van der Waals surface area (Å²) in [5, 5.41) is 5.93. The molecule has 160 valence electrons. The molecule has 1 aromatic heterocycles. The molecule has 2 N–H and O–H groups in total. The maximum atomic E-state index is 14.3. The minimum atomic E-state index is -2.88. The summed E-state index contributed by atoms with van der Waals surface area (Å²) in [6.45, 7) is 10.2. The summed E-state index contributed by atoms with van der Waals surface area (Å²) >= 11 is 1.24. The number of aromatic nitrogens is 1. The van der Waals surface area contributed by atoms with Crippen molar-refractivity contribution in [2.24, 2.45) is 11.1 Å². The van der Waals surface area contributed by atoms with E-state index < -0.39 is 5.92 Å². The van der Waals surface area contributed by atoms with Crippen molar-refractivity contribution in [2.75, 3.05) is 0 Å². The standard InChI is InChI=1S/C24H34F2N2S/c1-16-22(29-27)14-21(28(16)15-17-9-7-6-8-10-17)18-11-19(23(2,3)4)13-20(12-18)24(5,25)26/h11-14,17H,6-10,15,27H2,1-5H3. The molecule has 5 heteroatoms. The zero-order valence-corrected chi connectivity index (χ0v) is 19.1. The van der Waals surface area contributed by atoms with E-state index in [0.29, 0.717) is 5.92 Å². The molecule has 1 aromatic carbocycles. The van der Waals surface area contributed by atoms with Gasteiger partial charge in [-0.2, -0.15) is 0 Å². The summed E-state index contributed by atoms with van der Waals surface area (Å²) in [6.07, 6.45) is 6.36. The van der Waals surface area contributed by atoms with Gasteiger partial charge in [-0.1, -0.05) is 40.0 Å². The largest absolute Gasteiger partial charge is 0.343 e. The van der Waals surface area contributed by atoms with Crippen molar-refractivity contribution >= 4 is 11.9 Å². The first kappa shape index (κ1) is 22.4. The van der Waals surface area contributed by atoms with E-state index in [1.165, 1.54) is 44.1 Å². The summed E-state index contributed by atoms with van der Waals surface area (Å²) in [5.74, 6) is -2.24. The van der Waals surface area contributed by atoms with Gasteiger partial charge in [0.05, 0.1) is 0 Å². The highest BCUT2D eigenvalue weighted by Crippen LogP contribution is 2.38. The molecule has 2 aromatic rings. The van der Waals surface area contributed by atoms with Crippen LogP contribution in [-0.2, 0) is 17.9 Å². The predicted molar refractivity (Wildman–Crippen MR) is 119 cm³/mol. The molecule has 0 spiro atoms. The van der Waals surface area contributed by atoms with Crippen LogP contribution in [0.1, 0.15) is 76.6 Å². The maximum absolute atomic E-state index is 14.3. The molecule has 0 amide bonds. The topological polar surface area (TPSA) is 30.9 Å². The highest BCUT2D eigenvalue weighted by atomic mass is 32.2. The summed E-state index contributed by atoms with van der Waals surface area (Å²) in [6, 6.07) is 7.46. The van der Waals surface area contributed by atoms with Gasteiger partial charge in [0.25, 0.3) is 5.92 Å². The molecular formula is C24H34F2N2S. The Kier molecular flexibility index (Phi) is 6.50. The molecule has 0 aliphatic heterocycles. The molecule has 3 rings (SSSR count). The maximum Gasteiger partial charge on any atom is 0.270 e. The van der Waals surface area contributed by atoms with Crippen molar-refractivity contribution in [1.82, 2.24) is 4.57 Å². The number of halogens is 2. The Morgan fingerprint density at radius 2 is 1.62 bits per heavy atom.